The van der Waals surface area contributed by atoms with E-state index in [4.69, 9.17) is 4.98 Å². The van der Waals surface area contributed by atoms with Gasteiger partial charge in [0.05, 0.1) is 16.7 Å². The van der Waals surface area contributed by atoms with Crippen LogP contribution in [0.1, 0.15) is 99.1 Å². The van der Waals surface area contributed by atoms with Crippen molar-refractivity contribution in [1.29, 1.82) is 0 Å². The fraction of sp³-hybridized carbons (Fsp3) is 0.388. The van der Waals surface area contributed by atoms with Crippen LogP contribution < -0.4 is 0 Å². The molecule has 6 aromatic rings. The molecule has 0 spiro atoms. The van der Waals surface area contributed by atoms with E-state index in [2.05, 4.69) is 55.7 Å². The summed E-state index contributed by atoms with van der Waals surface area (Å²) in [5.74, 6) is 0.547. The molecule has 0 aliphatic heterocycles. The summed E-state index contributed by atoms with van der Waals surface area (Å²) in [5, 5.41) is 13.9. The van der Waals surface area contributed by atoms with E-state index < -0.39 is 11.6 Å². The summed E-state index contributed by atoms with van der Waals surface area (Å²) in [7, 11) is 0. The van der Waals surface area contributed by atoms with Crippen LogP contribution in [0.5, 0.6) is 0 Å². The summed E-state index contributed by atoms with van der Waals surface area (Å²) < 4.78 is 43.5. The molecule has 57 heavy (non-hydrogen) atoms. The maximum atomic E-state index is 13.8. The Bertz CT molecular complexity index is 2330. The Morgan fingerprint density at radius 2 is 1.40 bits per heavy atom. The molecule has 4 aromatic carbocycles. The standard InChI is InChI=1S/C36H32F3N2.C13H24O2.Ir/c1-34(2,3)30-21-25(20-24-11-9-10-14-27(24)30)32-33-29(17-18-40-32)28-16-15-23(22-35(4,5)36(37,38)39)19-31(28)41(33)26-12-7-6-8-13-26;1-5-10(6-2)12(14)9-13(15)11(7-3)8-4;/h6-19,21H,22H2,1-5H3;9-11,14H,5-8H2,1-4H3;/q-1;;/b;12-9-;. The number of aliphatic hydroxyl groups is 1. The number of hydrogen-bond donors (Lipinski definition) is 1. The number of benzene rings is 4. The zero-order chi connectivity index (χ0) is 41.0. The monoisotopic (exact) mass is 954 g/mol. The number of carbonyl (C=O) groups is 1. The molecule has 0 aliphatic rings. The summed E-state index contributed by atoms with van der Waals surface area (Å²) in [6.07, 6.45) is 2.31. The van der Waals surface area contributed by atoms with Crippen LogP contribution in [-0.4, -0.2) is 26.6 Å². The summed E-state index contributed by atoms with van der Waals surface area (Å²) in [4.78, 5) is 16.6. The van der Waals surface area contributed by atoms with Crippen molar-refractivity contribution in [2.24, 2.45) is 17.3 Å². The third-order valence-electron chi connectivity index (χ3n) is 11.1. The number of aromatic nitrogens is 2. The van der Waals surface area contributed by atoms with E-state index in [1.54, 1.807) is 0 Å². The van der Waals surface area contributed by atoms with Crippen LogP contribution in [-0.2, 0) is 36.7 Å². The van der Waals surface area contributed by atoms with Gasteiger partial charge in [0.15, 0.2) is 5.78 Å². The van der Waals surface area contributed by atoms with E-state index in [0.717, 1.165) is 75.2 Å². The van der Waals surface area contributed by atoms with Crippen LogP contribution in [0.4, 0.5) is 13.2 Å². The van der Waals surface area contributed by atoms with E-state index in [9.17, 15) is 23.1 Å². The maximum Gasteiger partial charge on any atom is 0.394 e. The summed E-state index contributed by atoms with van der Waals surface area (Å²) in [6.45, 7) is 17.2. The van der Waals surface area contributed by atoms with Gasteiger partial charge in [0.1, 0.15) is 0 Å². The molecule has 0 bridgehead atoms. The van der Waals surface area contributed by atoms with Gasteiger partial charge in [-0.15, -0.1) is 29.1 Å². The fourth-order valence-electron chi connectivity index (χ4n) is 7.53. The summed E-state index contributed by atoms with van der Waals surface area (Å²) in [5.41, 5.74) is 4.25. The number of rotatable bonds is 11. The Morgan fingerprint density at radius 1 is 0.789 bits per heavy atom. The van der Waals surface area contributed by atoms with E-state index in [1.165, 1.54) is 25.5 Å². The Hall–Kier alpha value is -4.26. The van der Waals surface area contributed by atoms with Gasteiger partial charge in [0.25, 0.3) is 0 Å². The maximum absolute atomic E-state index is 13.8. The summed E-state index contributed by atoms with van der Waals surface area (Å²) in [6, 6.07) is 31.7. The number of alkyl halides is 3. The van der Waals surface area contributed by atoms with Crippen LogP contribution in [0.2, 0.25) is 0 Å². The van der Waals surface area contributed by atoms with Crippen LogP contribution in [0.15, 0.2) is 103 Å². The van der Waals surface area contributed by atoms with Gasteiger partial charge in [-0.1, -0.05) is 122 Å². The van der Waals surface area contributed by atoms with Gasteiger partial charge < -0.3 is 9.67 Å². The molecular formula is C49H56F3IrN2O2-. The minimum atomic E-state index is -4.30. The van der Waals surface area contributed by atoms with Crippen molar-refractivity contribution >= 4 is 38.4 Å². The minimum Gasteiger partial charge on any atom is -0.512 e. The molecule has 1 N–H and O–H groups in total. The number of aliphatic hydroxyl groups excluding tert-OH is 1. The second-order valence-corrected chi connectivity index (χ2v) is 16.5. The molecule has 305 valence electrons. The molecule has 0 saturated heterocycles. The fourth-order valence-corrected chi connectivity index (χ4v) is 7.53. The van der Waals surface area contributed by atoms with Gasteiger partial charge in [-0.3, -0.25) is 9.78 Å². The van der Waals surface area contributed by atoms with Crippen molar-refractivity contribution in [3.63, 3.8) is 0 Å². The Kier molecular flexibility index (Phi) is 14.8. The van der Waals surface area contributed by atoms with Gasteiger partial charge in [0.2, 0.25) is 0 Å². The second kappa shape index (κ2) is 18.5. The van der Waals surface area contributed by atoms with E-state index >= 15 is 0 Å². The molecule has 2 heterocycles. The number of para-hydroxylation sites is 1. The van der Waals surface area contributed by atoms with Crippen molar-refractivity contribution in [2.45, 2.75) is 106 Å². The smallest absolute Gasteiger partial charge is 0.394 e. The zero-order valence-electron chi connectivity index (χ0n) is 34.6. The average molecular weight is 954 g/mol. The van der Waals surface area contributed by atoms with Gasteiger partial charge in [-0.05, 0) is 67.3 Å². The van der Waals surface area contributed by atoms with Crippen LogP contribution in [0.3, 0.4) is 0 Å². The minimum absolute atomic E-state index is 0. The average Bonchev–Trinajstić information content (AvgIpc) is 3.48. The molecule has 0 fully saturated rings. The van der Waals surface area contributed by atoms with Gasteiger partial charge in [-0.2, -0.15) is 13.2 Å². The second-order valence-electron chi connectivity index (χ2n) is 16.5. The molecule has 6 rings (SSSR count). The Balaban J connectivity index is 0.000000385. The first kappa shape index (κ1) is 45.4. The van der Waals surface area contributed by atoms with E-state index in [0.29, 0.717) is 5.56 Å². The third kappa shape index (κ3) is 9.89. The number of hydrogen-bond acceptors (Lipinski definition) is 3. The number of pyridine rings is 1. The van der Waals surface area contributed by atoms with Crippen molar-refractivity contribution < 1.29 is 43.2 Å². The largest absolute Gasteiger partial charge is 0.512 e. The topological polar surface area (TPSA) is 55.1 Å². The first-order chi connectivity index (χ1) is 26.4. The number of allylic oxidation sites excluding steroid dienone is 2. The van der Waals surface area contributed by atoms with Crippen LogP contribution in [0, 0.1) is 23.3 Å². The SMILES string of the molecule is CC(C)(C)c1cc(-c2nccc3c4ccc(CC(C)(C)C(F)(F)F)cc4n(-c4ccccc4)c23)[c-]c2ccccc12.CCC(CC)C(=O)/C=C(\O)C(CC)CC.[Ir]. The van der Waals surface area contributed by atoms with Crippen LogP contribution in [0.25, 0.3) is 49.5 Å². The Labute approximate surface area is 350 Å². The van der Waals surface area contributed by atoms with Crippen LogP contribution >= 0.6 is 0 Å². The van der Waals surface area contributed by atoms with E-state index in [-0.39, 0.29) is 55.3 Å². The van der Waals surface area contributed by atoms with Gasteiger partial charge in [0, 0.05) is 71.9 Å². The van der Waals surface area contributed by atoms with Crippen molar-refractivity contribution in [3.05, 3.63) is 120 Å². The Morgan fingerprint density at radius 3 is 2.00 bits per heavy atom. The molecule has 0 saturated carbocycles. The molecule has 0 amide bonds. The quantitative estimate of drug-likeness (QED) is 0.0800. The normalized spacial score (nSPS) is 12.6. The molecular weight excluding hydrogens is 898 g/mol. The molecule has 0 unspecified atom stereocenters. The van der Waals surface area contributed by atoms with Gasteiger partial charge >= 0.3 is 6.18 Å². The van der Waals surface area contributed by atoms with Crippen molar-refractivity contribution in [1.82, 2.24) is 9.55 Å². The zero-order valence-corrected chi connectivity index (χ0v) is 37.0. The number of ketones is 1. The molecule has 1 radical (unpaired) electrons. The first-order valence-corrected chi connectivity index (χ1v) is 19.9. The molecule has 8 heteroatoms. The number of fused-ring (bicyclic) bond motifs is 4. The number of halogens is 3. The molecule has 2 aromatic heterocycles. The molecule has 0 atom stereocenters. The number of nitrogens with zero attached hydrogens (tertiary/aromatic N) is 2. The predicted molar refractivity (Wildman–Crippen MR) is 226 cm³/mol. The predicted octanol–water partition coefficient (Wildman–Crippen LogP) is 14.1. The van der Waals surface area contributed by atoms with Crippen molar-refractivity contribution in [2.75, 3.05) is 0 Å². The molecule has 0 aliphatic carbocycles. The van der Waals surface area contributed by atoms with Crippen molar-refractivity contribution in [3.8, 4) is 16.9 Å². The van der Waals surface area contributed by atoms with E-state index in [1.807, 2.05) is 94.6 Å². The summed E-state index contributed by atoms with van der Waals surface area (Å²) >= 11 is 0. The van der Waals surface area contributed by atoms with Gasteiger partial charge in [-0.25, -0.2) is 0 Å². The third-order valence-corrected chi connectivity index (χ3v) is 11.1. The number of carbonyl (C=O) groups excluding carboxylic acids is 1. The first-order valence-electron chi connectivity index (χ1n) is 19.9. The molecule has 4 nitrogen and oxygen atoms in total.